The number of para-hydroxylation sites is 1. The van der Waals surface area contributed by atoms with Gasteiger partial charge in [-0.2, -0.15) is 0 Å². The Labute approximate surface area is 183 Å². The summed E-state index contributed by atoms with van der Waals surface area (Å²) < 4.78 is 0. The molecule has 2 aliphatic heterocycles. The average Bonchev–Trinajstić information content (AvgIpc) is 3.28. The molecule has 3 aromatic rings. The number of hydrogen-bond acceptors (Lipinski definition) is 4. The van der Waals surface area contributed by atoms with Crippen molar-refractivity contribution in [3.05, 3.63) is 94.5 Å². The van der Waals surface area contributed by atoms with Gasteiger partial charge in [0.05, 0.1) is 27.5 Å². The number of halogens is 2. The Hall–Kier alpha value is -2.86. The zero-order chi connectivity index (χ0) is 20.8. The van der Waals surface area contributed by atoms with Gasteiger partial charge in [-0.25, -0.2) is 9.96 Å². The minimum atomic E-state index is -0.919. The van der Waals surface area contributed by atoms with Crippen LogP contribution in [0.15, 0.2) is 78.9 Å². The Morgan fingerprint density at radius 2 is 1.40 bits per heavy atom. The predicted octanol–water partition coefficient (Wildman–Crippen LogP) is 5.04. The maximum Gasteiger partial charge on any atom is 0.266 e. The van der Waals surface area contributed by atoms with Crippen LogP contribution in [-0.2, 0) is 14.4 Å². The van der Waals surface area contributed by atoms with E-state index in [4.69, 9.17) is 28.0 Å². The van der Waals surface area contributed by atoms with Crippen LogP contribution in [0.3, 0.4) is 0 Å². The monoisotopic (exact) mass is 438 g/mol. The fraction of sp³-hybridized carbons (Fsp3) is 0.130. The first-order valence-electron chi connectivity index (χ1n) is 9.45. The van der Waals surface area contributed by atoms with Crippen molar-refractivity contribution >= 4 is 46.4 Å². The van der Waals surface area contributed by atoms with E-state index >= 15 is 0 Å². The molecule has 2 heterocycles. The molecule has 2 aliphatic rings. The third-order valence-electron chi connectivity index (χ3n) is 5.43. The van der Waals surface area contributed by atoms with Gasteiger partial charge in [0.25, 0.3) is 5.91 Å². The number of anilines is 2. The lowest BCUT2D eigenvalue weighted by Crippen LogP contribution is -2.37. The fourth-order valence-electron chi connectivity index (χ4n) is 4.08. The number of fused-ring (bicyclic) bond motifs is 1. The van der Waals surface area contributed by atoms with Crippen molar-refractivity contribution in [2.24, 2.45) is 5.92 Å². The molecular weight excluding hydrogens is 423 g/mol. The molecule has 150 valence electrons. The van der Waals surface area contributed by atoms with E-state index in [2.05, 4.69) is 0 Å². The van der Waals surface area contributed by atoms with E-state index in [1.165, 1.54) is 6.07 Å². The third-order valence-corrected chi connectivity index (χ3v) is 6.17. The zero-order valence-corrected chi connectivity index (χ0v) is 17.1. The molecule has 7 heteroatoms. The van der Waals surface area contributed by atoms with Gasteiger partial charge in [0.1, 0.15) is 5.92 Å². The molecule has 2 fully saturated rings. The molecule has 5 rings (SSSR count). The molecule has 0 bridgehead atoms. The zero-order valence-electron chi connectivity index (χ0n) is 15.6. The Kier molecular flexibility index (Phi) is 4.74. The number of rotatable bonds is 3. The van der Waals surface area contributed by atoms with Crippen LogP contribution >= 0.6 is 23.2 Å². The van der Waals surface area contributed by atoms with E-state index in [1.54, 1.807) is 17.2 Å². The second-order valence-electron chi connectivity index (χ2n) is 7.18. The Morgan fingerprint density at radius 3 is 2.07 bits per heavy atom. The number of hydroxylamine groups is 1. The maximum absolute atomic E-state index is 13.5. The molecule has 0 saturated carbocycles. The van der Waals surface area contributed by atoms with Gasteiger partial charge in [-0.15, -0.1) is 0 Å². The van der Waals surface area contributed by atoms with Crippen molar-refractivity contribution in [1.29, 1.82) is 0 Å². The number of carbonyl (C=O) groups excluding carboxylic acids is 2. The fourth-order valence-corrected chi connectivity index (χ4v) is 4.37. The van der Waals surface area contributed by atoms with Gasteiger partial charge in [0.2, 0.25) is 5.91 Å². The molecule has 3 aromatic carbocycles. The molecule has 0 aromatic heterocycles. The van der Waals surface area contributed by atoms with E-state index in [1.807, 2.05) is 60.7 Å². The van der Waals surface area contributed by atoms with Crippen LogP contribution in [0.25, 0.3) is 0 Å². The molecular formula is C23H16Cl2N2O3. The Balaban J connectivity index is 1.58. The second kappa shape index (κ2) is 7.43. The highest BCUT2D eigenvalue weighted by molar-refractivity contribution is 6.42. The molecule has 0 unspecified atom stereocenters. The standard InChI is InChI=1S/C23H16Cl2N2O3/c24-17-12-11-16(13-18(17)25)26-22(28)19-20(14-7-3-1-4-8-14)27(30-21(19)23(26)29)15-9-5-2-6-10-15/h1-13,19-21H/t19-,20-,21-/m1/s1. The molecule has 0 spiro atoms. The molecule has 2 saturated heterocycles. The van der Waals surface area contributed by atoms with Crippen LogP contribution < -0.4 is 9.96 Å². The highest BCUT2D eigenvalue weighted by Crippen LogP contribution is 2.47. The highest BCUT2D eigenvalue weighted by Gasteiger charge is 2.60. The number of benzene rings is 3. The summed E-state index contributed by atoms with van der Waals surface area (Å²) >= 11 is 12.1. The maximum atomic E-state index is 13.5. The lowest BCUT2D eigenvalue weighted by molar-refractivity contribution is -0.126. The van der Waals surface area contributed by atoms with Gasteiger partial charge in [-0.1, -0.05) is 71.7 Å². The summed E-state index contributed by atoms with van der Waals surface area (Å²) in [6.07, 6.45) is -0.919. The van der Waals surface area contributed by atoms with Crippen LogP contribution in [-0.4, -0.2) is 17.9 Å². The summed E-state index contributed by atoms with van der Waals surface area (Å²) in [5.41, 5.74) is 2.06. The molecule has 5 nitrogen and oxygen atoms in total. The van der Waals surface area contributed by atoms with E-state index in [0.717, 1.165) is 16.2 Å². The molecule has 2 amide bonds. The van der Waals surface area contributed by atoms with E-state index < -0.39 is 24.0 Å². The lowest BCUT2D eigenvalue weighted by atomic mass is 9.90. The average molecular weight is 439 g/mol. The highest BCUT2D eigenvalue weighted by atomic mass is 35.5. The number of imide groups is 1. The van der Waals surface area contributed by atoms with Gasteiger partial charge >= 0.3 is 0 Å². The second-order valence-corrected chi connectivity index (χ2v) is 7.99. The molecule has 0 radical (unpaired) electrons. The molecule has 30 heavy (non-hydrogen) atoms. The van der Waals surface area contributed by atoms with Crippen molar-refractivity contribution in [2.75, 3.05) is 9.96 Å². The summed E-state index contributed by atoms with van der Waals surface area (Å²) in [6.45, 7) is 0. The molecule has 0 N–H and O–H groups in total. The van der Waals surface area contributed by atoms with E-state index in [9.17, 15) is 9.59 Å². The van der Waals surface area contributed by atoms with Crippen molar-refractivity contribution in [1.82, 2.24) is 0 Å². The number of amides is 2. The topological polar surface area (TPSA) is 49.9 Å². The third kappa shape index (κ3) is 2.98. The van der Waals surface area contributed by atoms with Gasteiger partial charge in [-0.05, 0) is 35.9 Å². The van der Waals surface area contributed by atoms with Crippen LogP contribution in [0.4, 0.5) is 11.4 Å². The summed E-state index contributed by atoms with van der Waals surface area (Å²) in [4.78, 5) is 33.9. The van der Waals surface area contributed by atoms with Gasteiger partial charge < -0.3 is 0 Å². The SMILES string of the molecule is O=C1[C@@H]2[C@@H](c3ccccc3)N(c3ccccc3)O[C@H]2C(=O)N1c1ccc(Cl)c(Cl)c1. The Bertz CT molecular complexity index is 1120. The number of carbonyl (C=O) groups is 2. The van der Waals surface area contributed by atoms with E-state index in [0.29, 0.717) is 10.7 Å². The summed E-state index contributed by atoms with van der Waals surface area (Å²) in [5, 5.41) is 2.30. The summed E-state index contributed by atoms with van der Waals surface area (Å²) in [6, 6.07) is 23.3. The normalized spacial score (nSPS) is 23.2. The van der Waals surface area contributed by atoms with Crippen molar-refractivity contribution in [2.45, 2.75) is 12.1 Å². The molecule has 3 atom stereocenters. The largest absolute Gasteiger partial charge is 0.273 e. The van der Waals surface area contributed by atoms with Crippen LogP contribution in [0, 0.1) is 5.92 Å². The predicted molar refractivity (Wildman–Crippen MR) is 115 cm³/mol. The first-order valence-corrected chi connectivity index (χ1v) is 10.2. The summed E-state index contributed by atoms with van der Waals surface area (Å²) in [5.74, 6) is -1.42. The molecule has 0 aliphatic carbocycles. The first-order chi connectivity index (χ1) is 14.6. The van der Waals surface area contributed by atoms with Crippen molar-refractivity contribution in [3.8, 4) is 0 Å². The summed E-state index contributed by atoms with van der Waals surface area (Å²) in [7, 11) is 0. The lowest BCUT2D eigenvalue weighted by Gasteiger charge is -2.28. The van der Waals surface area contributed by atoms with Crippen molar-refractivity contribution in [3.63, 3.8) is 0 Å². The van der Waals surface area contributed by atoms with Crippen LogP contribution in [0.5, 0.6) is 0 Å². The van der Waals surface area contributed by atoms with Gasteiger partial charge in [0.15, 0.2) is 6.10 Å². The van der Waals surface area contributed by atoms with Crippen LogP contribution in [0.2, 0.25) is 10.0 Å². The van der Waals surface area contributed by atoms with E-state index in [-0.39, 0.29) is 10.9 Å². The first kappa shape index (κ1) is 19.1. The quantitative estimate of drug-likeness (QED) is 0.537. The Morgan fingerprint density at radius 1 is 0.733 bits per heavy atom. The van der Waals surface area contributed by atoms with Crippen molar-refractivity contribution < 1.29 is 14.4 Å². The van der Waals surface area contributed by atoms with Crippen LogP contribution in [0.1, 0.15) is 11.6 Å². The van der Waals surface area contributed by atoms with Gasteiger partial charge in [0, 0.05) is 0 Å². The number of nitrogens with zero attached hydrogens (tertiary/aromatic N) is 2. The number of hydrogen-bond donors (Lipinski definition) is 0. The smallest absolute Gasteiger partial charge is 0.266 e. The minimum absolute atomic E-state index is 0.276. The minimum Gasteiger partial charge on any atom is -0.273 e. The van der Waals surface area contributed by atoms with Gasteiger partial charge in [-0.3, -0.25) is 14.4 Å².